The van der Waals surface area contributed by atoms with Gasteiger partial charge in [0, 0.05) is 5.56 Å². The molecule has 1 aromatic heterocycles. The molecule has 0 saturated carbocycles. The molecule has 0 radical (unpaired) electrons. The molecular weight excluding hydrogens is 344 g/mol. The number of nitrogens with zero attached hydrogens (tertiary/aromatic N) is 2. The standard InChI is InChI=1S/C21H20N2O4/c1-4-17-18(20(24)25)19(14-7-9-15(10-8-14)21(26)27-3)22-23(17)16-11-5-13(2)6-12-16/h5-12H,4H2,1-3H3,(H,24,25). The first kappa shape index (κ1) is 18.4. The number of aryl methyl sites for hydroxylation is 1. The highest BCUT2D eigenvalue weighted by Gasteiger charge is 2.24. The number of aromatic carboxylic acids is 1. The zero-order valence-electron chi connectivity index (χ0n) is 15.4. The lowest BCUT2D eigenvalue weighted by atomic mass is 10.0. The van der Waals surface area contributed by atoms with Crippen LogP contribution in [0.1, 0.15) is 38.9 Å². The molecule has 3 rings (SSSR count). The molecule has 0 aliphatic rings. The first-order chi connectivity index (χ1) is 13.0. The molecule has 27 heavy (non-hydrogen) atoms. The summed E-state index contributed by atoms with van der Waals surface area (Å²) in [6, 6.07) is 14.3. The Kier molecular flexibility index (Phi) is 5.07. The quantitative estimate of drug-likeness (QED) is 0.695. The van der Waals surface area contributed by atoms with E-state index in [1.807, 2.05) is 38.1 Å². The van der Waals surface area contributed by atoms with E-state index in [4.69, 9.17) is 4.74 Å². The van der Waals surface area contributed by atoms with Crippen molar-refractivity contribution in [1.82, 2.24) is 9.78 Å². The minimum atomic E-state index is -1.03. The molecule has 1 N–H and O–H groups in total. The number of aromatic nitrogens is 2. The molecule has 0 aliphatic heterocycles. The summed E-state index contributed by atoms with van der Waals surface area (Å²) >= 11 is 0. The number of esters is 1. The maximum atomic E-state index is 12.0. The number of methoxy groups -OCH3 is 1. The van der Waals surface area contributed by atoms with Crippen molar-refractivity contribution in [3.63, 3.8) is 0 Å². The SMILES string of the molecule is CCc1c(C(=O)O)c(-c2ccc(C(=O)OC)cc2)nn1-c1ccc(C)cc1. The summed E-state index contributed by atoms with van der Waals surface area (Å²) in [5, 5.41) is 14.4. The van der Waals surface area contributed by atoms with E-state index in [-0.39, 0.29) is 5.56 Å². The summed E-state index contributed by atoms with van der Waals surface area (Å²) in [6.07, 6.45) is 0.517. The summed E-state index contributed by atoms with van der Waals surface area (Å²) in [4.78, 5) is 23.6. The van der Waals surface area contributed by atoms with Crippen LogP contribution in [0.2, 0.25) is 0 Å². The second-order valence-corrected chi connectivity index (χ2v) is 6.15. The number of hydrogen-bond acceptors (Lipinski definition) is 4. The fraction of sp³-hybridized carbons (Fsp3) is 0.190. The molecule has 0 aliphatic carbocycles. The summed E-state index contributed by atoms with van der Waals surface area (Å²) in [7, 11) is 1.32. The maximum Gasteiger partial charge on any atom is 0.339 e. The number of carboxylic acid groups (broad SMARTS) is 1. The molecule has 0 fully saturated rings. The zero-order chi connectivity index (χ0) is 19.6. The normalized spacial score (nSPS) is 10.6. The Balaban J connectivity index is 2.16. The van der Waals surface area contributed by atoms with E-state index in [1.54, 1.807) is 28.9 Å². The van der Waals surface area contributed by atoms with Gasteiger partial charge in [-0.05, 0) is 37.6 Å². The number of hydrogen-bond donors (Lipinski definition) is 1. The predicted molar refractivity (Wildman–Crippen MR) is 101 cm³/mol. The lowest BCUT2D eigenvalue weighted by Gasteiger charge is -2.06. The third kappa shape index (κ3) is 3.46. The molecule has 0 spiro atoms. The number of carbonyl (C=O) groups is 2. The summed E-state index contributed by atoms with van der Waals surface area (Å²) in [6.45, 7) is 3.89. The van der Waals surface area contributed by atoms with Crippen molar-refractivity contribution in [2.75, 3.05) is 7.11 Å². The largest absolute Gasteiger partial charge is 0.478 e. The van der Waals surface area contributed by atoms with E-state index in [9.17, 15) is 14.7 Å². The van der Waals surface area contributed by atoms with Crippen LogP contribution in [-0.2, 0) is 11.2 Å². The molecule has 6 nitrogen and oxygen atoms in total. The smallest absolute Gasteiger partial charge is 0.339 e. The minimum Gasteiger partial charge on any atom is -0.478 e. The van der Waals surface area contributed by atoms with Gasteiger partial charge in [0.1, 0.15) is 11.3 Å². The molecule has 3 aromatic rings. The zero-order valence-corrected chi connectivity index (χ0v) is 15.4. The highest BCUT2D eigenvalue weighted by atomic mass is 16.5. The van der Waals surface area contributed by atoms with E-state index in [1.165, 1.54) is 7.11 Å². The monoisotopic (exact) mass is 364 g/mol. The molecular formula is C21H20N2O4. The minimum absolute atomic E-state index is 0.170. The first-order valence-corrected chi connectivity index (χ1v) is 8.57. The van der Waals surface area contributed by atoms with Crippen LogP contribution in [0.15, 0.2) is 48.5 Å². The van der Waals surface area contributed by atoms with Crippen molar-refractivity contribution in [2.45, 2.75) is 20.3 Å². The number of ether oxygens (including phenoxy) is 1. The molecule has 2 aromatic carbocycles. The number of rotatable bonds is 5. The van der Waals surface area contributed by atoms with Crippen molar-refractivity contribution in [1.29, 1.82) is 0 Å². The predicted octanol–water partition coefficient (Wildman–Crippen LogP) is 3.89. The van der Waals surface area contributed by atoms with Gasteiger partial charge in [0.25, 0.3) is 0 Å². The van der Waals surface area contributed by atoms with E-state index >= 15 is 0 Å². The third-order valence-electron chi connectivity index (χ3n) is 4.39. The van der Waals surface area contributed by atoms with E-state index in [0.29, 0.717) is 28.9 Å². The van der Waals surface area contributed by atoms with Gasteiger partial charge in [0.05, 0.1) is 24.1 Å². The van der Waals surface area contributed by atoms with Gasteiger partial charge in [-0.25, -0.2) is 14.3 Å². The van der Waals surface area contributed by atoms with Gasteiger partial charge >= 0.3 is 11.9 Å². The molecule has 1 heterocycles. The second kappa shape index (κ2) is 7.45. The van der Waals surface area contributed by atoms with Gasteiger partial charge in [0.15, 0.2) is 0 Å². The maximum absolute atomic E-state index is 12.0. The van der Waals surface area contributed by atoms with Gasteiger partial charge < -0.3 is 9.84 Å². The topological polar surface area (TPSA) is 81.4 Å². The van der Waals surface area contributed by atoms with Gasteiger partial charge in [-0.2, -0.15) is 5.10 Å². The average Bonchev–Trinajstić information content (AvgIpc) is 3.08. The van der Waals surface area contributed by atoms with Crippen LogP contribution in [0.3, 0.4) is 0 Å². The summed E-state index contributed by atoms with van der Waals surface area (Å²) in [5.74, 6) is -1.48. The molecule has 0 atom stereocenters. The Hall–Kier alpha value is -3.41. The molecule has 138 valence electrons. The number of carboxylic acids is 1. The highest BCUT2D eigenvalue weighted by Crippen LogP contribution is 2.28. The van der Waals surface area contributed by atoms with E-state index in [2.05, 4.69) is 5.10 Å². The van der Waals surface area contributed by atoms with Crippen LogP contribution < -0.4 is 0 Å². The fourth-order valence-electron chi connectivity index (χ4n) is 2.99. The first-order valence-electron chi connectivity index (χ1n) is 8.57. The van der Waals surface area contributed by atoms with Crippen molar-refractivity contribution >= 4 is 11.9 Å². The Labute approximate surface area is 157 Å². The van der Waals surface area contributed by atoms with Gasteiger partial charge in [-0.1, -0.05) is 36.8 Å². The third-order valence-corrected chi connectivity index (χ3v) is 4.39. The van der Waals surface area contributed by atoms with Crippen LogP contribution in [0.25, 0.3) is 16.9 Å². The fourth-order valence-corrected chi connectivity index (χ4v) is 2.99. The van der Waals surface area contributed by atoms with Crippen LogP contribution in [0.5, 0.6) is 0 Å². The molecule has 0 unspecified atom stereocenters. The Morgan fingerprint density at radius 1 is 1.07 bits per heavy atom. The van der Waals surface area contributed by atoms with Gasteiger partial charge in [0.2, 0.25) is 0 Å². The van der Waals surface area contributed by atoms with Crippen LogP contribution >= 0.6 is 0 Å². The average molecular weight is 364 g/mol. The van der Waals surface area contributed by atoms with Crippen molar-refractivity contribution in [3.05, 3.63) is 70.9 Å². The van der Waals surface area contributed by atoms with Crippen molar-refractivity contribution < 1.29 is 19.4 Å². The Morgan fingerprint density at radius 3 is 2.22 bits per heavy atom. The Morgan fingerprint density at radius 2 is 1.70 bits per heavy atom. The lowest BCUT2D eigenvalue weighted by molar-refractivity contribution is 0.0599. The van der Waals surface area contributed by atoms with Crippen molar-refractivity contribution in [3.8, 4) is 16.9 Å². The van der Waals surface area contributed by atoms with Crippen LogP contribution in [0.4, 0.5) is 0 Å². The highest BCUT2D eigenvalue weighted by molar-refractivity contribution is 5.97. The van der Waals surface area contributed by atoms with Crippen LogP contribution in [0, 0.1) is 6.92 Å². The lowest BCUT2D eigenvalue weighted by Crippen LogP contribution is -2.05. The van der Waals surface area contributed by atoms with Gasteiger partial charge in [-0.15, -0.1) is 0 Å². The van der Waals surface area contributed by atoms with E-state index < -0.39 is 11.9 Å². The number of benzene rings is 2. The molecule has 0 amide bonds. The molecule has 0 bridgehead atoms. The summed E-state index contributed by atoms with van der Waals surface area (Å²) < 4.78 is 6.37. The van der Waals surface area contributed by atoms with E-state index in [0.717, 1.165) is 11.3 Å². The molecule has 0 saturated heterocycles. The summed E-state index contributed by atoms with van der Waals surface area (Å²) in [5.41, 5.74) is 4.10. The number of carbonyl (C=O) groups excluding carboxylic acids is 1. The van der Waals surface area contributed by atoms with Crippen LogP contribution in [-0.4, -0.2) is 33.9 Å². The second-order valence-electron chi connectivity index (χ2n) is 6.15. The van der Waals surface area contributed by atoms with Crippen molar-refractivity contribution in [2.24, 2.45) is 0 Å². The van der Waals surface area contributed by atoms with Gasteiger partial charge in [-0.3, -0.25) is 0 Å². The molecule has 6 heteroatoms. The Bertz CT molecular complexity index is 986.